The van der Waals surface area contributed by atoms with Crippen molar-refractivity contribution in [2.24, 2.45) is 0 Å². The molecule has 0 saturated heterocycles. The average Bonchev–Trinajstić information content (AvgIpc) is 2.45. The number of pyridine rings is 1. The number of benzene rings is 1. The van der Waals surface area contributed by atoms with Crippen molar-refractivity contribution in [2.45, 2.75) is 6.61 Å². The highest BCUT2D eigenvalue weighted by Crippen LogP contribution is 2.31. The summed E-state index contributed by atoms with van der Waals surface area (Å²) in [6.45, 7) is 0.273. The van der Waals surface area contributed by atoms with Crippen molar-refractivity contribution in [3.63, 3.8) is 0 Å². The van der Waals surface area contributed by atoms with Gasteiger partial charge in [0.2, 0.25) is 0 Å². The zero-order chi connectivity index (χ0) is 13.7. The molecule has 0 spiro atoms. The Morgan fingerprint density at radius 2 is 2.11 bits per heavy atom. The Morgan fingerprint density at radius 3 is 2.74 bits per heavy atom. The summed E-state index contributed by atoms with van der Waals surface area (Å²) in [6.07, 6.45) is 1.67. The Labute approximate surface area is 109 Å². The smallest absolute Gasteiger partial charge is 0.273 e. The minimum atomic E-state index is -0.481. The lowest BCUT2D eigenvalue weighted by atomic mass is 10.3. The van der Waals surface area contributed by atoms with Crippen LogP contribution in [-0.2, 0) is 6.61 Å². The summed E-state index contributed by atoms with van der Waals surface area (Å²) in [7, 11) is 1.44. The van der Waals surface area contributed by atoms with Gasteiger partial charge in [-0.15, -0.1) is 0 Å². The SMILES string of the molecule is COc1cc([N+](=O)[O-])ccc1OCc1ccccn1. The molecule has 1 aromatic carbocycles. The van der Waals surface area contributed by atoms with Crippen LogP contribution >= 0.6 is 0 Å². The number of aromatic nitrogens is 1. The van der Waals surface area contributed by atoms with Crippen LogP contribution in [0.3, 0.4) is 0 Å². The molecule has 0 aliphatic rings. The number of methoxy groups -OCH3 is 1. The topological polar surface area (TPSA) is 74.5 Å². The van der Waals surface area contributed by atoms with Crippen LogP contribution in [0.15, 0.2) is 42.6 Å². The van der Waals surface area contributed by atoms with Crippen molar-refractivity contribution in [3.05, 3.63) is 58.4 Å². The third-order valence-electron chi connectivity index (χ3n) is 2.46. The van der Waals surface area contributed by atoms with E-state index in [0.717, 1.165) is 5.69 Å². The fraction of sp³-hybridized carbons (Fsp3) is 0.154. The second kappa shape index (κ2) is 5.81. The number of non-ortho nitro benzene ring substituents is 1. The predicted octanol–water partition coefficient (Wildman–Crippen LogP) is 2.58. The summed E-state index contributed by atoms with van der Waals surface area (Å²) in [5, 5.41) is 10.7. The fourth-order valence-corrected chi connectivity index (χ4v) is 1.52. The summed E-state index contributed by atoms with van der Waals surface area (Å²) >= 11 is 0. The van der Waals surface area contributed by atoms with E-state index in [0.29, 0.717) is 11.5 Å². The molecule has 0 amide bonds. The van der Waals surface area contributed by atoms with Gasteiger partial charge in [-0.3, -0.25) is 15.1 Å². The maximum absolute atomic E-state index is 10.7. The summed E-state index contributed by atoms with van der Waals surface area (Å²) < 4.78 is 10.6. The first-order valence-electron chi connectivity index (χ1n) is 5.56. The van der Waals surface area contributed by atoms with Gasteiger partial charge in [0, 0.05) is 12.3 Å². The van der Waals surface area contributed by atoms with Crippen LogP contribution in [0, 0.1) is 10.1 Å². The van der Waals surface area contributed by atoms with Gasteiger partial charge in [-0.1, -0.05) is 6.07 Å². The number of ether oxygens (including phenoxy) is 2. The van der Waals surface area contributed by atoms with E-state index >= 15 is 0 Å². The number of nitrogens with zero attached hydrogens (tertiary/aromatic N) is 2. The molecular weight excluding hydrogens is 248 g/mol. The van der Waals surface area contributed by atoms with Gasteiger partial charge < -0.3 is 9.47 Å². The molecular formula is C13H12N2O4. The van der Waals surface area contributed by atoms with Gasteiger partial charge in [-0.25, -0.2) is 0 Å². The summed E-state index contributed by atoms with van der Waals surface area (Å²) in [5.74, 6) is 0.767. The van der Waals surface area contributed by atoms with Crippen LogP contribution in [0.5, 0.6) is 11.5 Å². The fourth-order valence-electron chi connectivity index (χ4n) is 1.52. The molecule has 0 radical (unpaired) electrons. The minimum absolute atomic E-state index is 0.0398. The van der Waals surface area contributed by atoms with Crippen LogP contribution in [0.1, 0.15) is 5.69 Å². The third kappa shape index (κ3) is 3.19. The largest absolute Gasteiger partial charge is 0.493 e. The van der Waals surface area contributed by atoms with Crippen molar-refractivity contribution in [3.8, 4) is 11.5 Å². The van der Waals surface area contributed by atoms with Crippen molar-refractivity contribution in [1.29, 1.82) is 0 Å². The van der Waals surface area contributed by atoms with E-state index in [1.165, 1.54) is 25.3 Å². The Morgan fingerprint density at radius 1 is 1.26 bits per heavy atom. The zero-order valence-corrected chi connectivity index (χ0v) is 10.3. The number of nitro groups is 1. The van der Waals surface area contributed by atoms with Gasteiger partial charge in [0.05, 0.1) is 23.8 Å². The Kier molecular flexibility index (Phi) is 3.92. The molecule has 19 heavy (non-hydrogen) atoms. The summed E-state index contributed by atoms with van der Waals surface area (Å²) in [4.78, 5) is 14.3. The van der Waals surface area contributed by atoms with E-state index < -0.39 is 4.92 Å². The molecule has 6 nitrogen and oxygen atoms in total. The monoisotopic (exact) mass is 260 g/mol. The highest BCUT2D eigenvalue weighted by molar-refractivity contribution is 5.48. The molecule has 1 aromatic heterocycles. The van der Waals surface area contributed by atoms with E-state index in [-0.39, 0.29) is 12.3 Å². The molecule has 0 bridgehead atoms. The predicted molar refractivity (Wildman–Crippen MR) is 68.2 cm³/mol. The van der Waals surface area contributed by atoms with E-state index in [1.54, 1.807) is 6.20 Å². The molecule has 0 unspecified atom stereocenters. The van der Waals surface area contributed by atoms with Gasteiger partial charge in [0.15, 0.2) is 11.5 Å². The third-order valence-corrected chi connectivity index (χ3v) is 2.46. The summed E-state index contributed by atoms with van der Waals surface area (Å²) in [6, 6.07) is 9.72. The number of rotatable bonds is 5. The van der Waals surface area contributed by atoms with Crippen molar-refractivity contribution in [2.75, 3.05) is 7.11 Å². The second-order valence-electron chi connectivity index (χ2n) is 3.70. The van der Waals surface area contributed by atoms with Gasteiger partial charge >= 0.3 is 0 Å². The van der Waals surface area contributed by atoms with Gasteiger partial charge in [-0.2, -0.15) is 0 Å². The number of hydrogen-bond acceptors (Lipinski definition) is 5. The second-order valence-corrected chi connectivity index (χ2v) is 3.70. The Balaban J connectivity index is 2.14. The molecule has 6 heteroatoms. The van der Waals surface area contributed by atoms with Gasteiger partial charge in [0.25, 0.3) is 5.69 Å². The normalized spacial score (nSPS) is 9.95. The molecule has 0 aliphatic heterocycles. The first-order chi connectivity index (χ1) is 9.20. The van der Waals surface area contributed by atoms with E-state index in [1.807, 2.05) is 18.2 Å². The van der Waals surface area contributed by atoms with E-state index in [2.05, 4.69) is 4.98 Å². The van der Waals surface area contributed by atoms with Crippen LogP contribution in [0.25, 0.3) is 0 Å². The molecule has 0 fully saturated rings. The summed E-state index contributed by atoms with van der Waals surface area (Å²) in [5.41, 5.74) is 0.727. The standard InChI is InChI=1S/C13H12N2O4/c1-18-13-8-11(15(16)17)5-6-12(13)19-9-10-4-2-3-7-14-10/h2-8H,9H2,1H3. The highest BCUT2D eigenvalue weighted by Gasteiger charge is 2.12. The number of nitro benzene ring substituents is 1. The molecule has 0 saturated carbocycles. The molecule has 2 rings (SSSR count). The van der Waals surface area contributed by atoms with Crippen LogP contribution < -0.4 is 9.47 Å². The van der Waals surface area contributed by atoms with Crippen molar-refractivity contribution in [1.82, 2.24) is 4.98 Å². The van der Waals surface area contributed by atoms with E-state index in [9.17, 15) is 10.1 Å². The van der Waals surface area contributed by atoms with Gasteiger partial charge in [0.1, 0.15) is 6.61 Å². The first kappa shape index (κ1) is 12.8. The van der Waals surface area contributed by atoms with Crippen LogP contribution in [0.4, 0.5) is 5.69 Å². The van der Waals surface area contributed by atoms with E-state index in [4.69, 9.17) is 9.47 Å². The van der Waals surface area contributed by atoms with Crippen LogP contribution in [0.2, 0.25) is 0 Å². The molecule has 98 valence electrons. The van der Waals surface area contributed by atoms with Crippen LogP contribution in [-0.4, -0.2) is 17.0 Å². The number of hydrogen-bond donors (Lipinski definition) is 0. The Bertz CT molecular complexity index is 572. The quantitative estimate of drug-likeness (QED) is 0.610. The zero-order valence-electron chi connectivity index (χ0n) is 10.3. The maximum Gasteiger partial charge on any atom is 0.273 e. The van der Waals surface area contributed by atoms with Gasteiger partial charge in [-0.05, 0) is 18.2 Å². The average molecular weight is 260 g/mol. The van der Waals surface area contributed by atoms with Crippen molar-refractivity contribution < 1.29 is 14.4 Å². The molecule has 0 N–H and O–H groups in total. The molecule has 2 aromatic rings. The molecule has 0 atom stereocenters. The lowest BCUT2D eigenvalue weighted by Gasteiger charge is -2.09. The molecule has 0 aliphatic carbocycles. The lowest BCUT2D eigenvalue weighted by Crippen LogP contribution is -2.00. The minimum Gasteiger partial charge on any atom is -0.493 e. The molecule has 1 heterocycles. The highest BCUT2D eigenvalue weighted by atomic mass is 16.6. The van der Waals surface area contributed by atoms with Crippen molar-refractivity contribution >= 4 is 5.69 Å². The first-order valence-corrected chi connectivity index (χ1v) is 5.56. The Hall–Kier alpha value is -2.63. The lowest BCUT2D eigenvalue weighted by molar-refractivity contribution is -0.385. The maximum atomic E-state index is 10.7.